The molecule has 6 rings (SSSR count). The van der Waals surface area contributed by atoms with E-state index < -0.39 is 0 Å². The predicted octanol–water partition coefficient (Wildman–Crippen LogP) is 3.37. The van der Waals surface area contributed by atoms with Gasteiger partial charge in [-0.25, -0.2) is 4.39 Å². The fourth-order valence-electron chi connectivity index (χ4n) is 6.43. The molecule has 8 heteroatoms. The van der Waals surface area contributed by atoms with E-state index in [0.717, 1.165) is 35.2 Å². The zero-order valence-corrected chi connectivity index (χ0v) is 20.5. The van der Waals surface area contributed by atoms with E-state index in [-0.39, 0.29) is 35.7 Å². The number of carbonyl (C=O) groups is 1. The van der Waals surface area contributed by atoms with E-state index >= 15 is 0 Å². The van der Waals surface area contributed by atoms with Crippen LogP contribution in [-0.2, 0) is 21.5 Å². The van der Waals surface area contributed by atoms with Crippen molar-refractivity contribution in [1.29, 1.82) is 0 Å². The highest BCUT2D eigenvalue weighted by molar-refractivity contribution is 5.89. The second-order valence-electron chi connectivity index (χ2n) is 10.4. The van der Waals surface area contributed by atoms with Gasteiger partial charge in [-0.3, -0.25) is 9.69 Å². The molecule has 4 heterocycles. The largest absolute Gasteiger partial charge is 0.497 e. The van der Waals surface area contributed by atoms with Gasteiger partial charge in [0.15, 0.2) is 0 Å². The quantitative estimate of drug-likeness (QED) is 0.570. The zero-order valence-electron chi connectivity index (χ0n) is 20.5. The zero-order chi connectivity index (χ0) is 24.9. The van der Waals surface area contributed by atoms with Crippen molar-refractivity contribution in [3.8, 4) is 5.75 Å². The van der Waals surface area contributed by atoms with Crippen molar-refractivity contribution < 1.29 is 23.8 Å². The molecule has 0 aliphatic carbocycles. The lowest BCUT2D eigenvalue weighted by molar-refractivity contribution is -0.148. The topological polar surface area (TPSA) is 78.0 Å². The molecule has 2 fully saturated rings. The van der Waals surface area contributed by atoms with Gasteiger partial charge in [-0.1, -0.05) is 18.2 Å². The summed E-state index contributed by atoms with van der Waals surface area (Å²) in [7, 11) is 1.64. The Morgan fingerprint density at radius 2 is 1.97 bits per heavy atom. The number of amides is 1. The fraction of sp³-hybridized carbons (Fsp3) is 0.464. The standard InChI is InChI=1S/C28H32FN3O4/c1-35-20-6-7-21-23(12-20)30-26-24(14-33)31(13-19-4-2-3-5-22(19)29)15-28(25(21)26)16-32(17-28)27(34)18-8-10-36-11-9-18/h2-7,12,18,24,30,33H,8-11,13-17H2,1H3/t24-/m0/s1. The van der Waals surface area contributed by atoms with Crippen molar-refractivity contribution in [2.24, 2.45) is 5.92 Å². The summed E-state index contributed by atoms with van der Waals surface area (Å²) in [4.78, 5) is 21.0. The van der Waals surface area contributed by atoms with Crippen LogP contribution in [0.4, 0.5) is 4.39 Å². The van der Waals surface area contributed by atoms with Crippen molar-refractivity contribution in [3.63, 3.8) is 0 Å². The van der Waals surface area contributed by atoms with Gasteiger partial charge in [0.1, 0.15) is 11.6 Å². The van der Waals surface area contributed by atoms with Crippen LogP contribution in [0.5, 0.6) is 5.75 Å². The molecule has 1 aromatic heterocycles. The Hall–Kier alpha value is -2.94. The smallest absolute Gasteiger partial charge is 0.225 e. The number of nitrogens with one attached hydrogen (secondary N) is 1. The number of rotatable bonds is 5. The summed E-state index contributed by atoms with van der Waals surface area (Å²) >= 11 is 0. The van der Waals surface area contributed by atoms with Gasteiger partial charge >= 0.3 is 0 Å². The number of hydrogen-bond donors (Lipinski definition) is 2. The highest BCUT2D eigenvalue weighted by Gasteiger charge is 2.54. The van der Waals surface area contributed by atoms with Crippen molar-refractivity contribution in [3.05, 3.63) is 65.1 Å². The van der Waals surface area contributed by atoms with Crippen LogP contribution in [0, 0.1) is 11.7 Å². The van der Waals surface area contributed by atoms with Crippen LogP contribution >= 0.6 is 0 Å². The average Bonchev–Trinajstić information content (AvgIpc) is 3.27. The van der Waals surface area contributed by atoms with Crippen LogP contribution in [0.25, 0.3) is 10.9 Å². The first-order chi connectivity index (χ1) is 17.5. The number of hydrogen-bond acceptors (Lipinski definition) is 5. The van der Waals surface area contributed by atoms with Crippen LogP contribution in [0.3, 0.4) is 0 Å². The maximum Gasteiger partial charge on any atom is 0.225 e. The maximum absolute atomic E-state index is 14.6. The molecule has 3 aliphatic heterocycles. The van der Waals surface area contributed by atoms with Crippen molar-refractivity contribution in [2.45, 2.75) is 30.8 Å². The van der Waals surface area contributed by atoms with E-state index in [1.54, 1.807) is 19.2 Å². The van der Waals surface area contributed by atoms with Crippen LogP contribution in [0.2, 0.25) is 0 Å². The molecule has 0 bridgehead atoms. The molecule has 2 N–H and O–H groups in total. The number of aromatic nitrogens is 1. The van der Waals surface area contributed by atoms with E-state index in [1.165, 1.54) is 11.6 Å². The number of ether oxygens (including phenoxy) is 2. The van der Waals surface area contributed by atoms with Crippen LogP contribution in [-0.4, -0.2) is 72.4 Å². The van der Waals surface area contributed by atoms with E-state index in [1.807, 2.05) is 23.1 Å². The van der Waals surface area contributed by atoms with Crippen LogP contribution in [0.15, 0.2) is 42.5 Å². The number of H-pyrrole nitrogens is 1. The number of fused-ring (bicyclic) bond motifs is 4. The molecule has 1 spiro atoms. The summed E-state index contributed by atoms with van der Waals surface area (Å²) in [5.41, 5.74) is 3.36. The van der Waals surface area contributed by atoms with E-state index in [2.05, 4.69) is 16.0 Å². The lowest BCUT2D eigenvalue weighted by Crippen LogP contribution is -2.68. The van der Waals surface area contributed by atoms with Crippen LogP contribution < -0.4 is 4.74 Å². The minimum absolute atomic E-state index is 0.0195. The second kappa shape index (κ2) is 9.18. The number of likely N-dealkylation sites (tertiary alicyclic amines) is 1. The molecular weight excluding hydrogens is 461 g/mol. The Labute approximate surface area is 209 Å². The number of benzene rings is 2. The predicted molar refractivity (Wildman–Crippen MR) is 133 cm³/mol. The van der Waals surface area contributed by atoms with Gasteiger partial charge in [0.05, 0.1) is 19.8 Å². The Kier molecular flexibility index (Phi) is 5.98. The molecule has 190 valence electrons. The first kappa shape index (κ1) is 23.5. The number of nitrogens with zero attached hydrogens (tertiary/aromatic N) is 2. The molecule has 1 amide bonds. The monoisotopic (exact) mass is 493 g/mol. The third-order valence-electron chi connectivity index (χ3n) is 8.22. The minimum Gasteiger partial charge on any atom is -0.497 e. The van der Waals surface area contributed by atoms with E-state index in [0.29, 0.717) is 45.0 Å². The van der Waals surface area contributed by atoms with Gasteiger partial charge in [-0.05, 0) is 36.6 Å². The Morgan fingerprint density at radius 1 is 1.19 bits per heavy atom. The average molecular weight is 494 g/mol. The Bertz CT molecular complexity index is 1280. The third-order valence-corrected chi connectivity index (χ3v) is 8.22. The SMILES string of the molecule is COc1ccc2c3c([nH]c2c1)[C@H](CO)N(Cc1ccccc1F)CC31CN(C(=O)C2CCOCC2)C1. The number of methoxy groups -OCH3 is 1. The molecule has 7 nitrogen and oxygen atoms in total. The number of carbonyl (C=O) groups excluding carboxylic acids is 1. The van der Waals surface area contributed by atoms with Gasteiger partial charge < -0.3 is 24.5 Å². The van der Waals surface area contributed by atoms with Crippen molar-refractivity contribution in [2.75, 3.05) is 46.6 Å². The van der Waals surface area contributed by atoms with Crippen molar-refractivity contribution >= 4 is 16.8 Å². The van der Waals surface area contributed by atoms with Crippen LogP contribution in [0.1, 0.15) is 35.7 Å². The van der Waals surface area contributed by atoms with Gasteiger partial charge in [0.2, 0.25) is 5.91 Å². The van der Waals surface area contributed by atoms with Gasteiger partial charge in [-0.15, -0.1) is 0 Å². The highest BCUT2D eigenvalue weighted by atomic mass is 19.1. The number of aliphatic hydroxyl groups is 1. The summed E-state index contributed by atoms with van der Waals surface area (Å²) in [5.74, 6) is 0.729. The minimum atomic E-state index is -0.302. The van der Waals surface area contributed by atoms with Gasteiger partial charge in [-0.2, -0.15) is 0 Å². The summed E-state index contributed by atoms with van der Waals surface area (Å²) in [5, 5.41) is 11.6. The molecule has 3 aliphatic rings. The normalized spacial score (nSPS) is 22.0. The summed E-state index contributed by atoms with van der Waals surface area (Å²) in [6.45, 7) is 3.42. The maximum atomic E-state index is 14.6. The lowest BCUT2D eigenvalue weighted by atomic mass is 9.68. The Morgan fingerprint density at radius 3 is 2.69 bits per heavy atom. The third kappa shape index (κ3) is 3.79. The van der Waals surface area contributed by atoms with Gasteiger partial charge in [0.25, 0.3) is 0 Å². The molecule has 3 aromatic rings. The molecule has 2 aromatic carbocycles. The molecule has 0 unspecified atom stereocenters. The molecule has 0 saturated carbocycles. The molecular formula is C28H32FN3O4. The fourth-order valence-corrected chi connectivity index (χ4v) is 6.43. The number of halogens is 1. The molecule has 1 atom stereocenters. The second-order valence-corrected chi connectivity index (χ2v) is 10.4. The van der Waals surface area contributed by atoms with Crippen molar-refractivity contribution in [1.82, 2.24) is 14.8 Å². The first-order valence-corrected chi connectivity index (χ1v) is 12.7. The molecule has 0 radical (unpaired) electrons. The van der Waals surface area contributed by atoms with Gasteiger partial charge in [0, 0.05) is 79.0 Å². The van der Waals surface area contributed by atoms with E-state index in [9.17, 15) is 14.3 Å². The number of aromatic amines is 1. The lowest BCUT2D eigenvalue weighted by Gasteiger charge is -2.56. The summed E-state index contributed by atoms with van der Waals surface area (Å²) in [6.07, 6.45) is 1.54. The Balaban J connectivity index is 1.38. The molecule has 2 saturated heterocycles. The summed E-state index contributed by atoms with van der Waals surface area (Å²) < 4.78 is 25.5. The molecule has 36 heavy (non-hydrogen) atoms. The highest BCUT2D eigenvalue weighted by Crippen LogP contribution is 2.49. The summed E-state index contributed by atoms with van der Waals surface area (Å²) in [6, 6.07) is 12.5. The number of aliphatic hydroxyl groups excluding tert-OH is 1. The first-order valence-electron chi connectivity index (χ1n) is 12.7. The van der Waals surface area contributed by atoms with E-state index in [4.69, 9.17) is 9.47 Å².